The summed E-state index contributed by atoms with van der Waals surface area (Å²) in [7, 11) is 0. The van der Waals surface area contributed by atoms with Gasteiger partial charge in [0.25, 0.3) is 0 Å². The molecule has 0 unspecified atom stereocenters. The molecule has 6 heteroatoms. The summed E-state index contributed by atoms with van der Waals surface area (Å²) in [4.78, 5) is 13.4. The first-order chi connectivity index (χ1) is 7.79. The zero-order valence-electron chi connectivity index (χ0n) is 9.23. The number of ether oxygens (including phenoxy) is 1. The predicted octanol–water partition coefficient (Wildman–Crippen LogP) is 1.10. The molecule has 6 nitrogen and oxygen atoms in total. The molecule has 0 aliphatic carbocycles. The number of hydrogen-bond donors (Lipinski definition) is 1. The van der Waals surface area contributed by atoms with Gasteiger partial charge in [-0.25, -0.2) is 4.79 Å². The smallest absolute Gasteiger partial charge is 0.323 e. The van der Waals surface area contributed by atoms with Crippen LogP contribution in [0.15, 0.2) is 10.6 Å². The highest BCUT2D eigenvalue weighted by Crippen LogP contribution is 2.10. The van der Waals surface area contributed by atoms with Crippen molar-refractivity contribution in [2.24, 2.45) is 0 Å². The van der Waals surface area contributed by atoms with E-state index in [0.29, 0.717) is 32.1 Å². The molecule has 0 saturated carbocycles. The second-order valence-corrected chi connectivity index (χ2v) is 3.56. The first kappa shape index (κ1) is 10.9. The van der Waals surface area contributed by atoms with E-state index in [0.717, 1.165) is 12.2 Å². The maximum absolute atomic E-state index is 11.7. The first-order valence-corrected chi connectivity index (χ1v) is 5.39. The minimum absolute atomic E-state index is 0.153. The molecule has 1 fully saturated rings. The van der Waals surface area contributed by atoms with Crippen molar-refractivity contribution in [2.75, 3.05) is 31.6 Å². The van der Waals surface area contributed by atoms with E-state index in [-0.39, 0.29) is 6.03 Å². The highest BCUT2D eigenvalue weighted by Gasteiger charge is 2.17. The zero-order chi connectivity index (χ0) is 11.4. The lowest BCUT2D eigenvalue weighted by atomic mass is 10.3. The summed E-state index contributed by atoms with van der Waals surface area (Å²) >= 11 is 0. The second kappa shape index (κ2) is 4.98. The average molecular weight is 225 g/mol. The van der Waals surface area contributed by atoms with Gasteiger partial charge in [-0.05, 0) is 0 Å². The van der Waals surface area contributed by atoms with Crippen LogP contribution in [0.2, 0.25) is 0 Å². The summed E-state index contributed by atoms with van der Waals surface area (Å²) in [6.07, 6.45) is 0.764. The Hall–Kier alpha value is -1.56. The standard InChI is InChI=1S/C10H15N3O3/c1-2-8-7-9(12-16-8)11-10(14)13-3-5-15-6-4-13/h7H,2-6H2,1H3,(H,11,12,14). The number of anilines is 1. The van der Waals surface area contributed by atoms with Gasteiger partial charge in [0.15, 0.2) is 5.82 Å². The molecule has 0 radical (unpaired) electrons. The van der Waals surface area contributed by atoms with Crippen LogP contribution in [0.3, 0.4) is 0 Å². The van der Waals surface area contributed by atoms with Crippen molar-refractivity contribution in [3.05, 3.63) is 11.8 Å². The lowest BCUT2D eigenvalue weighted by Gasteiger charge is -2.26. The minimum atomic E-state index is -0.153. The zero-order valence-corrected chi connectivity index (χ0v) is 9.23. The van der Waals surface area contributed by atoms with Crippen LogP contribution in [-0.2, 0) is 11.2 Å². The predicted molar refractivity (Wildman–Crippen MR) is 57.3 cm³/mol. The molecule has 2 heterocycles. The topological polar surface area (TPSA) is 67.6 Å². The maximum Gasteiger partial charge on any atom is 0.323 e. The van der Waals surface area contributed by atoms with E-state index in [1.807, 2.05) is 6.92 Å². The van der Waals surface area contributed by atoms with E-state index < -0.39 is 0 Å². The number of nitrogens with zero attached hydrogens (tertiary/aromatic N) is 2. The van der Waals surface area contributed by atoms with Gasteiger partial charge in [0.05, 0.1) is 13.2 Å². The Morgan fingerprint density at radius 1 is 1.56 bits per heavy atom. The minimum Gasteiger partial charge on any atom is -0.378 e. The van der Waals surface area contributed by atoms with Crippen molar-refractivity contribution >= 4 is 11.8 Å². The van der Waals surface area contributed by atoms with Gasteiger partial charge in [-0.3, -0.25) is 5.32 Å². The van der Waals surface area contributed by atoms with Gasteiger partial charge >= 0.3 is 6.03 Å². The largest absolute Gasteiger partial charge is 0.378 e. The highest BCUT2D eigenvalue weighted by atomic mass is 16.5. The molecule has 1 aromatic heterocycles. The Morgan fingerprint density at radius 2 is 2.31 bits per heavy atom. The third-order valence-electron chi connectivity index (χ3n) is 2.44. The summed E-state index contributed by atoms with van der Waals surface area (Å²) in [6, 6.07) is 1.58. The molecule has 88 valence electrons. The van der Waals surface area contributed by atoms with Crippen molar-refractivity contribution in [3.63, 3.8) is 0 Å². The molecule has 0 bridgehead atoms. The van der Waals surface area contributed by atoms with E-state index in [9.17, 15) is 4.79 Å². The molecule has 1 aromatic rings. The fourth-order valence-electron chi connectivity index (χ4n) is 1.49. The van der Waals surface area contributed by atoms with Gasteiger partial charge in [0.2, 0.25) is 0 Å². The fraction of sp³-hybridized carbons (Fsp3) is 0.600. The SMILES string of the molecule is CCc1cc(NC(=O)N2CCOCC2)no1. The molecule has 1 saturated heterocycles. The number of hydrogen-bond acceptors (Lipinski definition) is 4. The Balaban J connectivity index is 1.90. The Bertz CT molecular complexity index is 358. The number of aromatic nitrogens is 1. The molecule has 0 atom stereocenters. The van der Waals surface area contributed by atoms with Crippen LogP contribution < -0.4 is 5.32 Å². The van der Waals surface area contributed by atoms with Crippen LogP contribution >= 0.6 is 0 Å². The summed E-state index contributed by atoms with van der Waals surface area (Å²) in [5.74, 6) is 1.23. The molecular formula is C10H15N3O3. The van der Waals surface area contributed by atoms with Gasteiger partial charge < -0.3 is 14.2 Å². The van der Waals surface area contributed by atoms with Crippen molar-refractivity contribution in [1.82, 2.24) is 10.1 Å². The number of nitrogens with one attached hydrogen (secondary N) is 1. The monoisotopic (exact) mass is 225 g/mol. The summed E-state index contributed by atoms with van der Waals surface area (Å²) in [5, 5.41) is 6.45. The molecule has 2 rings (SSSR count). The normalized spacial score (nSPS) is 16.2. The Kier molecular flexibility index (Phi) is 3.40. The Morgan fingerprint density at radius 3 is 2.94 bits per heavy atom. The van der Waals surface area contributed by atoms with Crippen molar-refractivity contribution in [2.45, 2.75) is 13.3 Å². The van der Waals surface area contributed by atoms with Gasteiger partial charge in [-0.1, -0.05) is 12.1 Å². The molecule has 1 N–H and O–H groups in total. The number of amides is 2. The molecule has 0 aromatic carbocycles. The first-order valence-electron chi connectivity index (χ1n) is 5.39. The maximum atomic E-state index is 11.7. The number of morpholine rings is 1. The summed E-state index contributed by atoms with van der Waals surface area (Å²) < 4.78 is 10.2. The van der Waals surface area contributed by atoms with Crippen LogP contribution in [0.4, 0.5) is 10.6 Å². The summed E-state index contributed by atoms with van der Waals surface area (Å²) in [5.41, 5.74) is 0. The number of rotatable bonds is 2. The third-order valence-corrected chi connectivity index (χ3v) is 2.44. The van der Waals surface area contributed by atoms with Crippen molar-refractivity contribution in [1.29, 1.82) is 0 Å². The summed E-state index contributed by atoms with van der Waals surface area (Å²) in [6.45, 7) is 4.38. The quantitative estimate of drug-likeness (QED) is 0.818. The molecule has 1 aliphatic heterocycles. The van der Waals surface area contributed by atoms with E-state index in [1.54, 1.807) is 11.0 Å². The van der Waals surface area contributed by atoms with Crippen LogP contribution in [0.25, 0.3) is 0 Å². The van der Waals surface area contributed by atoms with E-state index in [4.69, 9.17) is 9.26 Å². The van der Waals surface area contributed by atoms with E-state index in [1.165, 1.54) is 0 Å². The third kappa shape index (κ3) is 2.52. The van der Waals surface area contributed by atoms with Gasteiger partial charge in [0, 0.05) is 25.6 Å². The average Bonchev–Trinajstić information content (AvgIpc) is 2.78. The van der Waals surface area contributed by atoms with Gasteiger partial charge in [-0.15, -0.1) is 0 Å². The van der Waals surface area contributed by atoms with E-state index >= 15 is 0 Å². The number of carbonyl (C=O) groups is 1. The lowest BCUT2D eigenvalue weighted by Crippen LogP contribution is -2.43. The molecule has 1 aliphatic rings. The second-order valence-electron chi connectivity index (χ2n) is 3.56. The van der Waals surface area contributed by atoms with Crippen molar-refractivity contribution < 1.29 is 14.1 Å². The van der Waals surface area contributed by atoms with Gasteiger partial charge in [-0.2, -0.15) is 0 Å². The van der Waals surface area contributed by atoms with E-state index in [2.05, 4.69) is 10.5 Å². The lowest BCUT2D eigenvalue weighted by molar-refractivity contribution is 0.0564. The van der Waals surface area contributed by atoms with Crippen LogP contribution in [0, 0.1) is 0 Å². The van der Waals surface area contributed by atoms with Crippen LogP contribution in [0.1, 0.15) is 12.7 Å². The molecule has 0 spiro atoms. The molecule has 2 amide bonds. The van der Waals surface area contributed by atoms with Crippen molar-refractivity contribution in [3.8, 4) is 0 Å². The fourth-order valence-corrected chi connectivity index (χ4v) is 1.49. The number of aryl methyl sites for hydroxylation is 1. The molecular weight excluding hydrogens is 210 g/mol. The molecule has 16 heavy (non-hydrogen) atoms. The number of urea groups is 1. The van der Waals surface area contributed by atoms with Crippen LogP contribution in [0.5, 0.6) is 0 Å². The number of carbonyl (C=O) groups excluding carboxylic acids is 1. The Labute approximate surface area is 93.5 Å². The highest BCUT2D eigenvalue weighted by molar-refractivity contribution is 5.88. The van der Waals surface area contributed by atoms with Gasteiger partial charge in [0.1, 0.15) is 5.76 Å². The van der Waals surface area contributed by atoms with Crippen LogP contribution in [-0.4, -0.2) is 42.4 Å².